The van der Waals surface area contributed by atoms with Crippen molar-refractivity contribution in [2.24, 2.45) is 0 Å². The summed E-state index contributed by atoms with van der Waals surface area (Å²) in [5.74, 6) is 1.07. The number of rotatable bonds is 5. The van der Waals surface area contributed by atoms with Crippen molar-refractivity contribution in [3.05, 3.63) is 71.2 Å². The summed E-state index contributed by atoms with van der Waals surface area (Å²) in [6.45, 7) is 2.00. The van der Waals surface area contributed by atoms with E-state index in [0.717, 1.165) is 28.4 Å². The SMILES string of the molecule is COC(=O)c1sc2nccc(Nc3ccc(Oc4ccccc4)cc3C)c2c1N. The summed E-state index contributed by atoms with van der Waals surface area (Å²) in [5.41, 5.74) is 9.28. The van der Waals surface area contributed by atoms with E-state index >= 15 is 0 Å². The number of benzene rings is 2. The largest absolute Gasteiger partial charge is 0.465 e. The summed E-state index contributed by atoms with van der Waals surface area (Å²) in [6, 6.07) is 17.3. The number of carbonyl (C=O) groups is 1. The lowest BCUT2D eigenvalue weighted by Gasteiger charge is -2.13. The van der Waals surface area contributed by atoms with Gasteiger partial charge in [-0.05, 0) is 48.9 Å². The molecule has 0 amide bonds. The zero-order chi connectivity index (χ0) is 20.4. The number of hydrogen-bond donors (Lipinski definition) is 2. The molecule has 0 radical (unpaired) electrons. The second-order valence-electron chi connectivity index (χ2n) is 6.39. The third kappa shape index (κ3) is 3.72. The zero-order valence-electron chi connectivity index (χ0n) is 15.9. The van der Waals surface area contributed by atoms with Gasteiger partial charge in [-0.3, -0.25) is 0 Å². The van der Waals surface area contributed by atoms with E-state index in [-0.39, 0.29) is 0 Å². The van der Waals surface area contributed by atoms with Crippen molar-refractivity contribution in [1.82, 2.24) is 4.98 Å². The van der Waals surface area contributed by atoms with E-state index in [2.05, 4.69) is 10.3 Å². The predicted molar refractivity (Wildman–Crippen MR) is 116 cm³/mol. The van der Waals surface area contributed by atoms with Gasteiger partial charge in [-0.2, -0.15) is 0 Å². The van der Waals surface area contributed by atoms with Crippen molar-refractivity contribution in [2.75, 3.05) is 18.2 Å². The lowest BCUT2D eigenvalue weighted by atomic mass is 10.1. The number of fused-ring (bicyclic) bond motifs is 1. The van der Waals surface area contributed by atoms with Gasteiger partial charge in [0.15, 0.2) is 0 Å². The first-order valence-electron chi connectivity index (χ1n) is 8.92. The van der Waals surface area contributed by atoms with Gasteiger partial charge in [-0.1, -0.05) is 18.2 Å². The molecule has 0 aliphatic carbocycles. The standard InChI is InChI=1S/C22H19N3O3S/c1-13-12-15(28-14-6-4-3-5-7-14)8-9-16(13)25-17-10-11-24-21-18(17)19(23)20(29-21)22(26)27-2/h3-12H,23H2,1-2H3,(H,24,25). The highest BCUT2D eigenvalue weighted by atomic mass is 32.1. The fraction of sp³-hybridized carbons (Fsp3) is 0.0909. The number of nitrogens with two attached hydrogens (primary N) is 1. The van der Waals surface area contributed by atoms with Crippen LogP contribution >= 0.6 is 11.3 Å². The third-order valence-corrected chi connectivity index (χ3v) is 5.54. The Labute approximate surface area is 171 Å². The lowest BCUT2D eigenvalue weighted by Crippen LogP contribution is -2.02. The minimum atomic E-state index is -0.463. The number of hydrogen-bond acceptors (Lipinski definition) is 7. The van der Waals surface area contributed by atoms with Gasteiger partial charge in [0.2, 0.25) is 0 Å². The number of anilines is 3. The molecule has 4 aromatic rings. The molecule has 7 heteroatoms. The molecule has 0 spiro atoms. The van der Waals surface area contributed by atoms with Gasteiger partial charge in [0.1, 0.15) is 21.2 Å². The summed E-state index contributed by atoms with van der Waals surface area (Å²) in [6.07, 6.45) is 1.68. The number of nitrogen functional groups attached to an aromatic ring is 1. The molecule has 0 aliphatic heterocycles. The van der Waals surface area contributed by atoms with Crippen LogP contribution in [0.2, 0.25) is 0 Å². The molecular formula is C22H19N3O3S. The maximum Gasteiger partial charge on any atom is 0.350 e. The molecule has 0 saturated carbocycles. The van der Waals surface area contributed by atoms with E-state index in [1.165, 1.54) is 18.4 Å². The van der Waals surface area contributed by atoms with Crippen LogP contribution in [0.3, 0.4) is 0 Å². The monoisotopic (exact) mass is 405 g/mol. The highest BCUT2D eigenvalue weighted by molar-refractivity contribution is 7.21. The fourth-order valence-electron chi connectivity index (χ4n) is 3.00. The van der Waals surface area contributed by atoms with Gasteiger partial charge in [-0.25, -0.2) is 9.78 Å². The Balaban J connectivity index is 1.65. The molecule has 2 aromatic carbocycles. The smallest absolute Gasteiger partial charge is 0.350 e. The Morgan fingerprint density at radius 3 is 2.59 bits per heavy atom. The molecule has 0 aliphatic rings. The summed E-state index contributed by atoms with van der Waals surface area (Å²) in [7, 11) is 1.33. The summed E-state index contributed by atoms with van der Waals surface area (Å²) >= 11 is 1.22. The number of methoxy groups -OCH3 is 1. The molecule has 0 bridgehead atoms. The molecule has 2 aromatic heterocycles. The van der Waals surface area contributed by atoms with Crippen LogP contribution in [0.25, 0.3) is 10.2 Å². The fourth-order valence-corrected chi connectivity index (χ4v) is 4.01. The second-order valence-corrected chi connectivity index (χ2v) is 7.39. The highest BCUT2D eigenvalue weighted by Crippen LogP contribution is 2.39. The lowest BCUT2D eigenvalue weighted by molar-refractivity contribution is 0.0607. The van der Waals surface area contributed by atoms with Gasteiger partial charge in [-0.15, -0.1) is 11.3 Å². The highest BCUT2D eigenvalue weighted by Gasteiger charge is 2.20. The molecular weight excluding hydrogens is 386 g/mol. The van der Waals surface area contributed by atoms with Crippen LogP contribution in [0.4, 0.5) is 17.1 Å². The topological polar surface area (TPSA) is 86.5 Å². The molecule has 0 atom stereocenters. The van der Waals surface area contributed by atoms with Crippen molar-refractivity contribution in [3.8, 4) is 11.5 Å². The van der Waals surface area contributed by atoms with Crippen molar-refractivity contribution in [3.63, 3.8) is 0 Å². The van der Waals surface area contributed by atoms with Crippen LogP contribution in [0.5, 0.6) is 11.5 Å². The number of para-hydroxylation sites is 1. The average Bonchev–Trinajstić information content (AvgIpc) is 3.08. The predicted octanol–water partition coefficient (Wildman–Crippen LogP) is 5.51. The van der Waals surface area contributed by atoms with Crippen molar-refractivity contribution in [1.29, 1.82) is 0 Å². The molecule has 146 valence electrons. The van der Waals surface area contributed by atoms with Crippen molar-refractivity contribution in [2.45, 2.75) is 6.92 Å². The van der Waals surface area contributed by atoms with E-state index in [0.29, 0.717) is 20.8 Å². The number of aryl methyl sites for hydroxylation is 1. The maximum absolute atomic E-state index is 12.0. The van der Waals surface area contributed by atoms with Crippen molar-refractivity contribution >= 4 is 44.6 Å². The van der Waals surface area contributed by atoms with Crippen LogP contribution < -0.4 is 15.8 Å². The summed E-state index contributed by atoms with van der Waals surface area (Å²) < 4.78 is 10.7. The summed E-state index contributed by atoms with van der Waals surface area (Å²) in [5, 5.41) is 4.11. The molecule has 0 saturated heterocycles. The van der Waals surface area contributed by atoms with Crippen LogP contribution in [-0.2, 0) is 4.74 Å². The van der Waals surface area contributed by atoms with Crippen LogP contribution in [-0.4, -0.2) is 18.1 Å². The quantitative estimate of drug-likeness (QED) is 0.426. The number of esters is 1. The molecule has 2 heterocycles. The summed E-state index contributed by atoms with van der Waals surface area (Å²) in [4.78, 5) is 17.3. The first-order valence-corrected chi connectivity index (χ1v) is 9.74. The first kappa shape index (κ1) is 18.8. The molecule has 0 fully saturated rings. The minimum Gasteiger partial charge on any atom is -0.465 e. The number of aromatic nitrogens is 1. The Hall–Kier alpha value is -3.58. The molecule has 6 nitrogen and oxygen atoms in total. The van der Waals surface area contributed by atoms with Crippen LogP contribution in [0, 0.1) is 6.92 Å². The van der Waals surface area contributed by atoms with E-state index < -0.39 is 5.97 Å². The Bertz CT molecular complexity index is 1190. The minimum absolute atomic E-state index is 0.354. The first-order chi connectivity index (χ1) is 14.1. The molecule has 3 N–H and O–H groups in total. The normalized spacial score (nSPS) is 10.7. The van der Waals surface area contributed by atoms with E-state index in [4.69, 9.17) is 15.2 Å². The third-order valence-electron chi connectivity index (χ3n) is 4.45. The number of nitrogens with one attached hydrogen (secondary N) is 1. The zero-order valence-corrected chi connectivity index (χ0v) is 16.7. The van der Waals surface area contributed by atoms with Gasteiger partial charge in [0.05, 0.1) is 23.9 Å². The van der Waals surface area contributed by atoms with Gasteiger partial charge >= 0.3 is 5.97 Å². The number of nitrogens with zero attached hydrogens (tertiary/aromatic N) is 1. The van der Waals surface area contributed by atoms with Crippen LogP contribution in [0.1, 0.15) is 15.2 Å². The Kier molecular flexibility index (Phi) is 5.05. The number of carbonyl (C=O) groups excluding carboxylic acids is 1. The average molecular weight is 405 g/mol. The second kappa shape index (κ2) is 7.81. The Morgan fingerprint density at radius 1 is 1.07 bits per heavy atom. The van der Waals surface area contributed by atoms with Crippen LogP contribution in [0.15, 0.2) is 60.8 Å². The van der Waals surface area contributed by atoms with E-state index in [9.17, 15) is 4.79 Å². The Morgan fingerprint density at radius 2 is 1.86 bits per heavy atom. The van der Waals surface area contributed by atoms with Gasteiger partial charge < -0.3 is 20.5 Å². The number of thiophene rings is 1. The van der Waals surface area contributed by atoms with E-state index in [1.54, 1.807) is 6.20 Å². The van der Waals surface area contributed by atoms with Crippen molar-refractivity contribution < 1.29 is 14.3 Å². The van der Waals surface area contributed by atoms with E-state index in [1.807, 2.05) is 61.5 Å². The van der Waals surface area contributed by atoms with Gasteiger partial charge in [0.25, 0.3) is 0 Å². The molecule has 29 heavy (non-hydrogen) atoms. The molecule has 4 rings (SSSR count). The number of pyridine rings is 1. The van der Waals surface area contributed by atoms with Gasteiger partial charge in [0, 0.05) is 11.9 Å². The maximum atomic E-state index is 12.0. The number of ether oxygens (including phenoxy) is 2. The molecule has 0 unspecified atom stereocenters.